The third kappa shape index (κ3) is 7.00. The van der Waals surface area contributed by atoms with Crippen LogP contribution in [-0.4, -0.2) is 131 Å². The van der Waals surface area contributed by atoms with Crippen molar-refractivity contribution in [2.75, 3.05) is 78.4 Å². The van der Waals surface area contributed by atoms with Crippen molar-refractivity contribution < 1.29 is 42.3 Å². The smallest absolute Gasteiger partial charge is 0.359 e. The summed E-state index contributed by atoms with van der Waals surface area (Å²) in [6.07, 6.45) is 1.26. The van der Waals surface area contributed by atoms with E-state index in [1.54, 1.807) is 14.7 Å². The van der Waals surface area contributed by atoms with E-state index in [-0.39, 0.29) is 57.6 Å². The predicted octanol–water partition coefficient (Wildman–Crippen LogP) is 3.00. The summed E-state index contributed by atoms with van der Waals surface area (Å²) in [6.45, 7) is 3.34. The van der Waals surface area contributed by atoms with Crippen LogP contribution < -0.4 is 10.1 Å². The first-order valence-electron chi connectivity index (χ1n) is 14.9. The number of methoxy groups -OCH3 is 1. The molecular weight excluding hydrogens is 640 g/mol. The second kappa shape index (κ2) is 13.5. The van der Waals surface area contributed by atoms with E-state index in [9.17, 15) is 28.0 Å². The van der Waals surface area contributed by atoms with Crippen LogP contribution in [0.25, 0.3) is 11.3 Å². The standard InChI is InChI=1S/C31H34ClF2N7O6/c1-37-23(21-6-7-24(47-3)27(34)26(21)33)17-35-28(37)29(44)36-19-4-5-20(22(32)16-19)30(45)38-8-10-39(11-9-38)31(46)40-12-14-41(2,15-13-40)18-25(42)43/h4-7,16-17H,8-15,18H2,1-3H3,(H-,36,42,43,44,45)/p+1. The van der Waals surface area contributed by atoms with Crippen LogP contribution in [-0.2, 0) is 11.8 Å². The lowest BCUT2D eigenvalue weighted by Crippen LogP contribution is -2.62. The van der Waals surface area contributed by atoms with Gasteiger partial charge in [0, 0.05) is 44.5 Å². The molecule has 4 amide bonds. The first kappa shape index (κ1) is 33.6. The highest BCUT2D eigenvalue weighted by Crippen LogP contribution is 2.30. The lowest BCUT2D eigenvalue weighted by Gasteiger charge is -2.43. The van der Waals surface area contributed by atoms with Gasteiger partial charge in [0.05, 0.1) is 62.8 Å². The number of nitrogens with zero attached hydrogens (tertiary/aromatic N) is 6. The number of hydrogen-bond donors (Lipinski definition) is 2. The zero-order valence-electron chi connectivity index (χ0n) is 26.1. The minimum Gasteiger partial charge on any atom is -0.494 e. The number of anilines is 1. The van der Waals surface area contributed by atoms with Gasteiger partial charge in [0.25, 0.3) is 11.8 Å². The summed E-state index contributed by atoms with van der Waals surface area (Å²) in [6, 6.07) is 6.93. The molecule has 1 aromatic heterocycles. The summed E-state index contributed by atoms with van der Waals surface area (Å²) in [5.74, 6) is -4.43. The van der Waals surface area contributed by atoms with Crippen molar-refractivity contribution in [1.82, 2.24) is 24.3 Å². The quantitative estimate of drug-likeness (QED) is 0.368. The van der Waals surface area contributed by atoms with Gasteiger partial charge in [-0.25, -0.2) is 19.0 Å². The van der Waals surface area contributed by atoms with E-state index in [0.717, 1.165) is 0 Å². The highest BCUT2D eigenvalue weighted by atomic mass is 35.5. The lowest BCUT2D eigenvalue weighted by atomic mass is 10.1. The zero-order valence-corrected chi connectivity index (χ0v) is 26.9. The Kier molecular flexibility index (Phi) is 9.68. The molecule has 3 aromatic rings. The van der Waals surface area contributed by atoms with Gasteiger partial charge in [-0.3, -0.25) is 9.59 Å². The topological polar surface area (TPSA) is 137 Å². The Morgan fingerprint density at radius 1 is 0.979 bits per heavy atom. The molecule has 16 heteroatoms. The third-order valence-corrected chi connectivity index (χ3v) is 8.95. The van der Waals surface area contributed by atoms with Crippen LogP contribution in [0.2, 0.25) is 5.02 Å². The van der Waals surface area contributed by atoms with E-state index >= 15 is 0 Å². The molecule has 2 aromatic carbocycles. The fourth-order valence-electron chi connectivity index (χ4n) is 5.81. The normalized spacial score (nSPS) is 16.2. The molecule has 5 rings (SSSR count). The summed E-state index contributed by atoms with van der Waals surface area (Å²) in [4.78, 5) is 59.7. The molecule has 0 unspecified atom stereocenters. The molecule has 250 valence electrons. The van der Waals surface area contributed by atoms with Crippen LogP contribution in [0.5, 0.6) is 5.75 Å². The number of quaternary nitrogens is 1. The van der Waals surface area contributed by atoms with Crippen LogP contribution in [0, 0.1) is 11.6 Å². The number of aromatic nitrogens is 2. The Morgan fingerprint density at radius 3 is 2.23 bits per heavy atom. The van der Waals surface area contributed by atoms with Crippen LogP contribution in [0.1, 0.15) is 21.0 Å². The molecule has 0 atom stereocenters. The fraction of sp³-hybridized carbons (Fsp3) is 0.387. The highest BCUT2D eigenvalue weighted by molar-refractivity contribution is 6.34. The summed E-state index contributed by atoms with van der Waals surface area (Å²) < 4.78 is 35.4. The van der Waals surface area contributed by atoms with Crippen LogP contribution in [0.4, 0.5) is 19.3 Å². The number of benzene rings is 2. The molecule has 0 aliphatic carbocycles. The van der Waals surface area contributed by atoms with Gasteiger partial charge in [-0.1, -0.05) is 11.6 Å². The summed E-state index contributed by atoms with van der Waals surface area (Å²) in [7, 11) is 4.59. The summed E-state index contributed by atoms with van der Waals surface area (Å²) in [5, 5.41) is 11.9. The average molecular weight is 675 g/mol. The maximum Gasteiger partial charge on any atom is 0.359 e. The van der Waals surface area contributed by atoms with Crippen molar-refractivity contribution in [2.24, 2.45) is 7.05 Å². The van der Waals surface area contributed by atoms with Gasteiger partial charge in [-0.05, 0) is 30.3 Å². The van der Waals surface area contributed by atoms with Gasteiger partial charge in [0.15, 0.2) is 23.9 Å². The molecule has 3 heterocycles. The number of carbonyl (C=O) groups is 4. The van der Waals surface area contributed by atoms with E-state index in [1.807, 2.05) is 7.05 Å². The minimum atomic E-state index is -1.16. The molecule has 2 aliphatic heterocycles. The van der Waals surface area contributed by atoms with Crippen LogP contribution in [0.15, 0.2) is 36.5 Å². The molecule has 13 nitrogen and oxygen atoms in total. The Bertz CT molecular complexity index is 1720. The van der Waals surface area contributed by atoms with Gasteiger partial charge >= 0.3 is 12.0 Å². The van der Waals surface area contributed by atoms with Crippen molar-refractivity contribution in [1.29, 1.82) is 0 Å². The molecular formula is C31H35ClF2N7O6+. The predicted molar refractivity (Wildman–Crippen MR) is 167 cm³/mol. The molecule has 0 bridgehead atoms. The largest absolute Gasteiger partial charge is 0.494 e. The second-order valence-corrected chi connectivity index (χ2v) is 12.2. The number of likely N-dealkylation sites (N-methyl/N-ethyl adjacent to an activating group) is 1. The maximum atomic E-state index is 14.7. The number of aliphatic carboxylic acids is 1. The first-order chi connectivity index (χ1) is 22.3. The number of halogens is 3. The molecule has 2 aliphatic rings. The molecule has 2 fully saturated rings. The molecule has 0 saturated carbocycles. The van der Waals surface area contributed by atoms with Gasteiger partial charge in [-0.2, -0.15) is 4.39 Å². The van der Waals surface area contributed by atoms with Gasteiger partial charge in [0.1, 0.15) is 0 Å². The molecule has 0 radical (unpaired) electrons. The first-order valence-corrected chi connectivity index (χ1v) is 15.2. The van der Waals surface area contributed by atoms with Crippen LogP contribution >= 0.6 is 11.6 Å². The zero-order chi connectivity index (χ0) is 34.0. The number of ether oxygens (including phenoxy) is 1. The SMILES string of the molecule is COc1ccc(-c2cnc(C(=O)Nc3ccc(C(=O)N4CCN(C(=O)N5CC[N+](C)(CC(=O)O)CC5)CC4)c(Cl)c3)n2C)c(F)c1F. The number of carbonyl (C=O) groups excluding carboxylic acids is 3. The van der Waals surface area contributed by atoms with Crippen molar-refractivity contribution in [3.8, 4) is 17.0 Å². The monoisotopic (exact) mass is 674 g/mol. The number of amides is 4. The second-order valence-electron chi connectivity index (χ2n) is 11.8. The number of imidazole rings is 1. The molecule has 0 spiro atoms. The highest BCUT2D eigenvalue weighted by Gasteiger charge is 2.35. The fourth-order valence-corrected chi connectivity index (χ4v) is 6.07. The van der Waals surface area contributed by atoms with Crippen molar-refractivity contribution >= 4 is 41.1 Å². The van der Waals surface area contributed by atoms with Crippen molar-refractivity contribution in [3.63, 3.8) is 0 Å². The van der Waals surface area contributed by atoms with Gasteiger partial charge in [-0.15, -0.1) is 0 Å². The van der Waals surface area contributed by atoms with E-state index < -0.39 is 23.5 Å². The van der Waals surface area contributed by atoms with E-state index in [1.165, 1.54) is 55.3 Å². The minimum absolute atomic E-state index is 0.0145. The number of hydrogen-bond acceptors (Lipinski definition) is 6. The Labute approximate surface area is 274 Å². The summed E-state index contributed by atoms with van der Waals surface area (Å²) >= 11 is 6.46. The number of urea groups is 1. The third-order valence-electron chi connectivity index (χ3n) is 8.64. The van der Waals surface area contributed by atoms with E-state index in [2.05, 4.69) is 10.3 Å². The maximum absolute atomic E-state index is 14.7. The number of carboxylic acid groups (broad SMARTS) is 1. The van der Waals surface area contributed by atoms with Crippen LogP contribution in [0.3, 0.4) is 0 Å². The average Bonchev–Trinajstić information content (AvgIpc) is 3.42. The van der Waals surface area contributed by atoms with E-state index in [0.29, 0.717) is 56.8 Å². The van der Waals surface area contributed by atoms with E-state index in [4.69, 9.17) is 21.4 Å². The number of carboxylic acids is 1. The lowest BCUT2D eigenvalue weighted by molar-refractivity contribution is -0.906. The Hall–Kier alpha value is -4.76. The molecule has 2 saturated heterocycles. The number of rotatable bonds is 7. The van der Waals surface area contributed by atoms with Gasteiger partial charge < -0.3 is 38.9 Å². The number of piperazine rings is 2. The molecule has 47 heavy (non-hydrogen) atoms. The van der Waals surface area contributed by atoms with Crippen molar-refractivity contribution in [3.05, 3.63) is 64.6 Å². The summed E-state index contributed by atoms with van der Waals surface area (Å²) in [5.41, 5.74) is 0.591. The van der Waals surface area contributed by atoms with Gasteiger partial charge in [0.2, 0.25) is 5.82 Å². The Balaban J connectivity index is 1.17. The van der Waals surface area contributed by atoms with Crippen molar-refractivity contribution in [2.45, 2.75) is 0 Å². The Morgan fingerprint density at radius 2 is 1.62 bits per heavy atom. The number of nitrogens with one attached hydrogen (secondary N) is 1. The molecule has 2 N–H and O–H groups in total.